The standard InChI is InChI=1S/C16H19BrN2O/c1-4-18-12(3)13-5-8-16(19-10-13)20-15-7-6-14(17)9-11(15)2/h5-10,12,18H,4H2,1-3H3. The third kappa shape index (κ3) is 3.81. The van der Waals surface area contributed by atoms with Gasteiger partial charge in [0.15, 0.2) is 0 Å². The van der Waals surface area contributed by atoms with Crippen molar-refractivity contribution in [3.8, 4) is 11.6 Å². The van der Waals surface area contributed by atoms with Gasteiger partial charge in [-0.1, -0.05) is 28.9 Å². The normalized spacial score (nSPS) is 12.2. The summed E-state index contributed by atoms with van der Waals surface area (Å²) in [7, 11) is 0. The number of aryl methyl sites for hydroxylation is 1. The fourth-order valence-electron chi connectivity index (χ4n) is 1.97. The number of pyridine rings is 1. The maximum atomic E-state index is 5.81. The van der Waals surface area contributed by atoms with Crippen LogP contribution in [0.15, 0.2) is 41.0 Å². The van der Waals surface area contributed by atoms with E-state index in [1.54, 1.807) is 0 Å². The zero-order valence-corrected chi connectivity index (χ0v) is 13.6. The van der Waals surface area contributed by atoms with Crippen LogP contribution in [0.25, 0.3) is 0 Å². The molecule has 0 bridgehead atoms. The quantitative estimate of drug-likeness (QED) is 0.866. The first-order valence-corrected chi connectivity index (χ1v) is 7.52. The Kier molecular flexibility index (Phi) is 5.15. The van der Waals surface area contributed by atoms with Crippen LogP contribution < -0.4 is 10.1 Å². The van der Waals surface area contributed by atoms with Gasteiger partial charge in [-0.25, -0.2) is 4.98 Å². The topological polar surface area (TPSA) is 34.1 Å². The van der Waals surface area contributed by atoms with Gasteiger partial charge in [0.25, 0.3) is 0 Å². The molecule has 20 heavy (non-hydrogen) atoms. The number of ether oxygens (including phenoxy) is 1. The van der Waals surface area contributed by atoms with Crippen molar-refractivity contribution in [3.05, 3.63) is 52.1 Å². The maximum absolute atomic E-state index is 5.81. The fraction of sp³-hybridized carbons (Fsp3) is 0.312. The van der Waals surface area contributed by atoms with E-state index in [9.17, 15) is 0 Å². The maximum Gasteiger partial charge on any atom is 0.219 e. The molecule has 0 spiro atoms. The lowest BCUT2D eigenvalue weighted by molar-refractivity contribution is 0.458. The largest absolute Gasteiger partial charge is 0.439 e. The second-order valence-corrected chi connectivity index (χ2v) is 5.64. The van der Waals surface area contributed by atoms with Crippen molar-refractivity contribution >= 4 is 15.9 Å². The molecule has 2 aromatic rings. The molecule has 1 aromatic heterocycles. The number of nitrogens with one attached hydrogen (secondary N) is 1. The van der Waals surface area contributed by atoms with Crippen LogP contribution >= 0.6 is 15.9 Å². The average Bonchev–Trinajstić information content (AvgIpc) is 2.43. The van der Waals surface area contributed by atoms with Gasteiger partial charge in [0, 0.05) is 22.8 Å². The van der Waals surface area contributed by atoms with E-state index in [0.717, 1.165) is 27.9 Å². The minimum Gasteiger partial charge on any atom is -0.439 e. The van der Waals surface area contributed by atoms with Crippen LogP contribution in [0.5, 0.6) is 11.6 Å². The summed E-state index contributed by atoms with van der Waals surface area (Å²) in [5.74, 6) is 1.44. The zero-order chi connectivity index (χ0) is 14.5. The van der Waals surface area contributed by atoms with Crippen molar-refractivity contribution < 1.29 is 4.74 Å². The van der Waals surface area contributed by atoms with Crippen LogP contribution in [-0.4, -0.2) is 11.5 Å². The minimum atomic E-state index is 0.302. The third-order valence-electron chi connectivity index (χ3n) is 3.12. The zero-order valence-electron chi connectivity index (χ0n) is 12.0. The molecule has 4 heteroatoms. The van der Waals surface area contributed by atoms with E-state index >= 15 is 0 Å². The van der Waals surface area contributed by atoms with Crippen LogP contribution in [0.1, 0.15) is 31.0 Å². The molecule has 0 aliphatic carbocycles. The summed E-state index contributed by atoms with van der Waals surface area (Å²) >= 11 is 3.44. The Hall–Kier alpha value is -1.39. The Morgan fingerprint density at radius 3 is 2.70 bits per heavy atom. The number of rotatable bonds is 5. The molecule has 0 saturated carbocycles. The van der Waals surface area contributed by atoms with Crippen LogP contribution in [0.3, 0.4) is 0 Å². The van der Waals surface area contributed by atoms with Gasteiger partial charge in [0.1, 0.15) is 5.75 Å². The van der Waals surface area contributed by atoms with Gasteiger partial charge in [-0.3, -0.25) is 0 Å². The first kappa shape index (κ1) is 15.0. The van der Waals surface area contributed by atoms with E-state index in [-0.39, 0.29) is 0 Å². The lowest BCUT2D eigenvalue weighted by atomic mass is 10.1. The third-order valence-corrected chi connectivity index (χ3v) is 3.61. The molecule has 1 atom stereocenters. The van der Waals surface area contributed by atoms with Gasteiger partial charge < -0.3 is 10.1 Å². The molecule has 0 amide bonds. The molecule has 1 unspecified atom stereocenters. The van der Waals surface area contributed by atoms with Gasteiger partial charge in [0.2, 0.25) is 5.88 Å². The number of halogens is 1. The summed E-state index contributed by atoms with van der Waals surface area (Å²) in [6.45, 7) is 7.18. The molecular weight excluding hydrogens is 316 g/mol. The summed E-state index contributed by atoms with van der Waals surface area (Å²) in [5.41, 5.74) is 2.23. The van der Waals surface area contributed by atoms with Crippen molar-refractivity contribution in [2.45, 2.75) is 26.8 Å². The van der Waals surface area contributed by atoms with Crippen LogP contribution in [-0.2, 0) is 0 Å². The molecule has 1 heterocycles. The number of benzene rings is 1. The summed E-state index contributed by atoms with van der Waals surface area (Å²) in [6.07, 6.45) is 1.86. The first-order chi connectivity index (χ1) is 9.60. The van der Waals surface area contributed by atoms with E-state index in [4.69, 9.17) is 4.74 Å². The van der Waals surface area contributed by atoms with Crippen LogP contribution in [0, 0.1) is 6.92 Å². The fourth-order valence-corrected chi connectivity index (χ4v) is 2.45. The Bertz CT molecular complexity index is 569. The second kappa shape index (κ2) is 6.86. The predicted octanol–water partition coefficient (Wildman–Crippen LogP) is 4.62. The van der Waals surface area contributed by atoms with Gasteiger partial charge >= 0.3 is 0 Å². The van der Waals surface area contributed by atoms with Crippen LogP contribution in [0.4, 0.5) is 0 Å². The van der Waals surface area contributed by atoms with Gasteiger partial charge in [0.05, 0.1) is 0 Å². The van der Waals surface area contributed by atoms with Crippen molar-refractivity contribution in [2.24, 2.45) is 0 Å². The molecule has 0 aliphatic heterocycles. The van der Waals surface area contributed by atoms with Gasteiger partial charge in [-0.2, -0.15) is 0 Å². The van der Waals surface area contributed by atoms with Crippen molar-refractivity contribution in [3.63, 3.8) is 0 Å². The van der Waals surface area contributed by atoms with E-state index in [1.807, 2.05) is 43.5 Å². The van der Waals surface area contributed by atoms with E-state index in [1.165, 1.54) is 0 Å². The smallest absolute Gasteiger partial charge is 0.219 e. The Labute approximate surface area is 128 Å². The van der Waals surface area contributed by atoms with E-state index < -0.39 is 0 Å². The highest BCUT2D eigenvalue weighted by atomic mass is 79.9. The highest BCUT2D eigenvalue weighted by Gasteiger charge is 2.06. The number of hydrogen-bond acceptors (Lipinski definition) is 3. The summed E-state index contributed by atoms with van der Waals surface area (Å²) in [5, 5.41) is 3.36. The Morgan fingerprint density at radius 1 is 1.30 bits per heavy atom. The number of hydrogen-bond donors (Lipinski definition) is 1. The SMILES string of the molecule is CCNC(C)c1ccc(Oc2ccc(Br)cc2C)nc1. The molecule has 0 radical (unpaired) electrons. The first-order valence-electron chi connectivity index (χ1n) is 6.73. The van der Waals surface area contributed by atoms with Crippen molar-refractivity contribution in [1.82, 2.24) is 10.3 Å². The molecule has 2 rings (SSSR count). The highest BCUT2D eigenvalue weighted by Crippen LogP contribution is 2.26. The Morgan fingerprint density at radius 2 is 2.10 bits per heavy atom. The van der Waals surface area contributed by atoms with Crippen molar-refractivity contribution in [2.75, 3.05) is 6.54 Å². The molecular formula is C16H19BrN2O. The Balaban J connectivity index is 2.10. The molecule has 0 fully saturated rings. The summed E-state index contributed by atoms with van der Waals surface area (Å²) in [4.78, 5) is 4.37. The number of aromatic nitrogens is 1. The highest BCUT2D eigenvalue weighted by molar-refractivity contribution is 9.10. The van der Waals surface area contributed by atoms with Crippen molar-refractivity contribution in [1.29, 1.82) is 0 Å². The molecule has 0 aliphatic rings. The monoisotopic (exact) mass is 334 g/mol. The summed E-state index contributed by atoms with van der Waals surface area (Å²) in [6, 6.07) is 10.2. The molecule has 3 nitrogen and oxygen atoms in total. The minimum absolute atomic E-state index is 0.302. The van der Waals surface area contributed by atoms with Crippen LogP contribution in [0.2, 0.25) is 0 Å². The number of nitrogens with zero attached hydrogens (tertiary/aromatic N) is 1. The molecule has 1 N–H and O–H groups in total. The van der Waals surface area contributed by atoms with Gasteiger partial charge in [-0.15, -0.1) is 0 Å². The predicted molar refractivity (Wildman–Crippen MR) is 85.3 cm³/mol. The van der Waals surface area contributed by atoms with Gasteiger partial charge in [-0.05, 0) is 49.7 Å². The summed E-state index contributed by atoms with van der Waals surface area (Å²) < 4.78 is 6.85. The van der Waals surface area contributed by atoms with E-state index in [2.05, 4.69) is 40.1 Å². The molecule has 0 saturated heterocycles. The molecule has 1 aromatic carbocycles. The lowest BCUT2D eigenvalue weighted by Gasteiger charge is -2.13. The molecule has 106 valence electrons. The van der Waals surface area contributed by atoms with E-state index in [0.29, 0.717) is 11.9 Å². The second-order valence-electron chi connectivity index (χ2n) is 4.72. The lowest BCUT2D eigenvalue weighted by Crippen LogP contribution is -2.17. The average molecular weight is 335 g/mol.